The molecule has 0 bridgehead atoms. The lowest BCUT2D eigenvalue weighted by Gasteiger charge is -2.00. The van der Waals surface area contributed by atoms with Crippen molar-refractivity contribution in [3.05, 3.63) is 24.1 Å². The summed E-state index contributed by atoms with van der Waals surface area (Å²) in [5, 5.41) is 3.18. The van der Waals surface area contributed by atoms with Crippen molar-refractivity contribution in [1.82, 2.24) is 0 Å². The summed E-state index contributed by atoms with van der Waals surface area (Å²) >= 11 is 0. The van der Waals surface area contributed by atoms with Gasteiger partial charge >= 0.3 is 5.97 Å². The van der Waals surface area contributed by atoms with Crippen molar-refractivity contribution in [2.75, 3.05) is 0 Å². The van der Waals surface area contributed by atoms with Gasteiger partial charge in [0.25, 0.3) is 0 Å². The highest BCUT2D eigenvalue weighted by atomic mass is 19.1. The van der Waals surface area contributed by atoms with Crippen LogP contribution in [0.25, 0.3) is 0 Å². The largest absolute Gasteiger partial charge is 0.332 e. The van der Waals surface area contributed by atoms with Crippen LogP contribution in [0.15, 0.2) is 29.2 Å². The van der Waals surface area contributed by atoms with Gasteiger partial charge in [0.2, 0.25) is 0 Å². The summed E-state index contributed by atoms with van der Waals surface area (Å²) in [7, 11) is 0. The van der Waals surface area contributed by atoms with Crippen LogP contribution in [0.2, 0.25) is 0 Å². The van der Waals surface area contributed by atoms with Crippen molar-refractivity contribution in [1.29, 1.82) is 0 Å². The summed E-state index contributed by atoms with van der Waals surface area (Å²) in [4.78, 5) is 25.1. The van der Waals surface area contributed by atoms with Crippen molar-refractivity contribution >= 4 is 17.5 Å². The molecule has 0 aliphatic heterocycles. The second kappa shape index (κ2) is 3.75. The summed E-state index contributed by atoms with van der Waals surface area (Å²) in [6.45, 7) is 1.14. The molecule has 0 aromatic heterocycles. The van der Waals surface area contributed by atoms with Gasteiger partial charge in [0.15, 0.2) is 11.6 Å². The zero-order valence-electron chi connectivity index (χ0n) is 6.78. The van der Waals surface area contributed by atoms with E-state index in [-0.39, 0.29) is 5.71 Å². The third kappa shape index (κ3) is 2.62. The van der Waals surface area contributed by atoms with E-state index in [4.69, 9.17) is 0 Å². The van der Waals surface area contributed by atoms with Crippen LogP contribution < -0.4 is 0 Å². The van der Waals surface area contributed by atoms with Crippen LogP contribution in [0.5, 0.6) is 0 Å². The summed E-state index contributed by atoms with van der Waals surface area (Å²) in [6.07, 6.45) is 3.04. The van der Waals surface area contributed by atoms with Gasteiger partial charge in [-0.05, 0) is 12.2 Å². The quantitative estimate of drug-likeness (QED) is 0.344. The fraction of sp³-hybridized carbons (Fsp3) is 0.125. The molecule has 13 heavy (non-hydrogen) atoms. The zero-order chi connectivity index (χ0) is 9.84. The van der Waals surface area contributed by atoms with Crippen LogP contribution in [0, 0.1) is 0 Å². The van der Waals surface area contributed by atoms with Gasteiger partial charge in [0.1, 0.15) is 5.71 Å². The number of carbonyl (C=O) groups excluding carboxylic acids is 2. The van der Waals surface area contributed by atoms with Gasteiger partial charge in [-0.25, -0.2) is 9.18 Å². The number of nitrogens with zero attached hydrogens (tertiary/aromatic N) is 1. The van der Waals surface area contributed by atoms with E-state index in [1.807, 2.05) is 0 Å². The van der Waals surface area contributed by atoms with Crippen molar-refractivity contribution in [3.63, 3.8) is 0 Å². The monoisotopic (exact) mass is 183 g/mol. The van der Waals surface area contributed by atoms with Gasteiger partial charge in [-0.15, -0.1) is 0 Å². The molecule has 0 spiro atoms. The third-order valence-corrected chi connectivity index (χ3v) is 1.19. The van der Waals surface area contributed by atoms with E-state index in [0.717, 1.165) is 25.2 Å². The van der Waals surface area contributed by atoms with Crippen molar-refractivity contribution in [2.24, 2.45) is 5.16 Å². The van der Waals surface area contributed by atoms with E-state index in [1.165, 1.54) is 0 Å². The van der Waals surface area contributed by atoms with Gasteiger partial charge in [-0.2, -0.15) is 0 Å². The first-order valence-corrected chi connectivity index (χ1v) is 3.45. The average Bonchev–Trinajstić information content (AvgIpc) is 2.02. The molecule has 0 amide bonds. The Balaban J connectivity index is 2.77. The van der Waals surface area contributed by atoms with Crippen LogP contribution in [-0.4, -0.2) is 17.5 Å². The van der Waals surface area contributed by atoms with E-state index in [0.29, 0.717) is 0 Å². The SMILES string of the molecule is CC(=O)ON=C1C=CC(=O)C=C1F. The van der Waals surface area contributed by atoms with Gasteiger partial charge in [0.05, 0.1) is 0 Å². The summed E-state index contributed by atoms with van der Waals surface area (Å²) in [5.74, 6) is -1.92. The maximum absolute atomic E-state index is 12.8. The summed E-state index contributed by atoms with van der Waals surface area (Å²) in [5.41, 5.74) is -0.171. The lowest BCUT2D eigenvalue weighted by atomic mass is 10.1. The Bertz CT molecular complexity index is 341. The van der Waals surface area contributed by atoms with Crippen LogP contribution in [-0.2, 0) is 14.4 Å². The standard InChI is InChI=1S/C8H6FNO3/c1-5(11)13-10-8-3-2-6(12)4-7(8)9/h2-4H,1H3. The molecule has 1 aliphatic carbocycles. The fourth-order valence-corrected chi connectivity index (χ4v) is 0.675. The summed E-state index contributed by atoms with van der Waals surface area (Å²) < 4.78 is 12.8. The highest BCUT2D eigenvalue weighted by molar-refractivity contribution is 6.18. The molecule has 0 saturated heterocycles. The fourth-order valence-electron chi connectivity index (χ4n) is 0.675. The molecule has 0 unspecified atom stereocenters. The normalized spacial score (nSPS) is 18.8. The second-order valence-corrected chi connectivity index (χ2v) is 2.29. The smallest absolute Gasteiger partial charge is 0.318 e. The number of oxime groups is 1. The molecule has 0 saturated carbocycles. The van der Waals surface area contributed by atoms with Crippen molar-refractivity contribution in [3.8, 4) is 0 Å². The van der Waals surface area contributed by atoms with Crippen LogP contribution in [0.4, 0.5) is 4.39 Å². The Labute approximate surface area is 73.4 Å². The lowest BCUT2D eigenvalue weighted by molar-refractivity contribution is -0.140. The Morgan fingerprint density at radius 2 is 2.23 bits per heavy atom. The van der Waals surface area contributed by atoms with E-state index in [9.17, 15) is 14.0 Å². The average molecular weight is 183 g/mol. The lowest BCUT2D eigenvalue weighted by Crippen LogP contribution is -2.06. The molecular formula is C8H6FNO3. The highest BCUT2D eigenvalue weighted by Crippen LogP contribution is 2.08. The van der Waals surface area contributed by atoms with Gasteiger partial charge in [-0.1, -0.05) is 5.16 Å². The Morgan fingerprint density at radius 1 is 1.54 bits per heavy atom. The van der Waals surface area contributed by atoms with Crippen LogP contribution >= 0.6 is 0 Å². The number of rotatable bonds is 1. The Kier molecular flexibility index (Phi) is 2.69. The number of carbonyl (C=O) groups is 2. The molecule has 0 heterocycles. The first kappa shape index (κ1) is 9.31. The maximum atomic E-state index is 12.8. The van der Waals surface area contributed by atoms with Gasteiger partial charge in [-0.3, -0.25) is 4.79 Å². The Hall–Kier alpha value is -1.78. The topological polar surface area (TPSA) is 55.7 Å². The number of hydrogen-bond donors (Lipinski definition) is 0. The van der Waals surface area contributed by atoms with E-state index < -0.39 is 17.6 Å². The number of ketones is 1. The minimum atomic E-state index is -0.811. The number of halogens is 1. The Morgan fingerprint density at radius 3 is 2.77 bits per heavy atom. The second-order valence-electron chi connectivity index (χ2n) is 2.29. The van der Waals surface area contributed by atoms with Gasteiger partial charge in [0, 0.05) is 13.0 Å². The predicted octanol–water partition coefficient (Wildman–Crippen LogP) is 0.898. The van der Waals surface area contributed by atoms with E-state index in [2.05, 4.69) is 9.99 Å². The molecule has 0 aromatic rings. The zero-order valence-corrected chi connectivity index (χ0v) is 6.78. The van der Waals surface area contributed by atoms with Gasteiger partial charge < -0.3 is 4.84 Å². The number of allylic oxidation sites excluding steroid dienone is 4. The molecule has 68 valence electrons. The third-order valence-electron chi connectivity index (χ3n) is 1.19. The first-order valence-electron chi connectivity index (χ1n) is 3.45. The minimum absolute atomic E-state index is 0.171. The molecule has 0 N–H and O–H groups in total. The summed E-state index contributed by atoms with van der Waals surface area (Å²) in [6, 6.07) is 0. The molecule has 0 radical (unpaired) electrons. The van der Waals surface area contributed by atoms with Crippen LogP contribution in [0.1, 0.15) is 6.92 Å². The molecule has 1 aliphatic rings. The van der Waals surface area contributed by atoms with E-state index in [1.54, 1.807) is 0 Å². The number of hydrogen-bond acceptors (Lipinski definition) is 4. The predicted molar refractivity (Wildman–Crippen MR) is 42.5 cm³/mol. The molecule has 4 nitrogen and oxygen atoms in total. The molecule has 5 heteroatoms. The molecule has 0 atom stereocenters. The highest BCUT2D eigenvalue weighted by Gasteiger charge is 2.11. The van der Waals surface area contributed by atoms with Crippen molar-refractivity contribution < 1.29 is 18.8 Å². The van der Waals surface area contributed by atoms with E-state index >= 15 is 0 Å². The maximum Gasteiger partial charge on any atom is 0.332 e. The molecule has 1 rings (SSSR count). The minimum Gasteiger partial charge on any atom is -0.318 e. The first-order chi connectivity index (χ1) is 6.09. The molecule has 0 aromatic carbocycles. The van der Waals surface area contributed by atoms with Crippen molar-refractivity contribution in [2.45, 2.75) is 6.92 Å². The molecular weight excluding hydrogens is 177 g/mol. The molecule has 0 fully saturated rings. The van der Waals surface area contributed by atoms with Crippen LogP contribution in [0.3, 0.4) is 0 Å².